The van der Waals surface area contributed by atoms with Gasteiger partial charge in [0.05, 0.1) is 13.2 Å². The van der Waals surface area contributed by atoms with Crippen LogP contribution in [0.2, 0.25) is 0 Å². The number of aromatic nitrogens is 2. The smallest absolute Gasteiger partial charge is 0.274 e. The van der Waals surface area contributed by atoms with Crippen molar-refractivity contribution >= 4 is 11.7 Å². The third kappa shape index (κ3) is 3.99. The Balaban J connectivity index is 1.31. The summed E-state index contributed by atoms with van der Waals surface area (Å²) in [5.74, 6) is 0.835. The Kier molecular flexibility index (Phi) is 5.65. The van der Waals surface area contributed by atoms with E-state index in [1.807, 2.05) is 17.0 Å². The van der Waals surface area contributed by atoms with Gasteiger partial charge in [0.15, 0.2) is 11.5 Å². The van der Waals surface area contributed by atoms with Crippen LogP contribution in [0, 0.1) is 0 Å². The fourth-order valence-electron chi connectivity index (χ4n) is 4.30. The van der Waals surface area contributed by atoms with Crippen molar-refractivity contribution in [1.82, 2.24) is 20.0 Å². The Morgan fingerprint density at radius 2 is 1.65 bits per heavy atom. The van der Waals surface area contributed by atoms with Gasteiger partial charge in [-0.25, -0.2) is 0 Å². The van der Waals surface area contributed by atoms with E-state index in [0.717, 1.165) is 51.1 Å². The molecule has 142 valence electrons. The van der Waals surface area contributed by atoms with Crippen molar-refractivity contribution in [2.45, 2.75) is 38.1 Å². The van der Waals surface area contributed by atoms with Crippen molar-refractivity contribution in [3.63, 3.8) is 0 Å². The topological polar surface area (TPSA) is 61.8 Å². The van der Waals surface area contributed by atoms with E-state index >= 15 is 0 Å². The van der Waals surface area contributed by atoms with E-state index in [4.69, 9.17) is 4.74 Å². The van der Waals surface area contributed by atoms with E-state index in [1.165, 1.54) is 32.1 Å². The van der Waals surface area contributed by atoms with Crippen LogP contribution < -0.4 is 4.90 Å². The molecule has 2 aliphatic heterocycles. The molecule has 2 saturated heterocycles. The molecule has 0 N–H and O–H groups in total. The fraction of sp³-hybridized carbons (Fsp3) is 0.737. The number of carbonyl (C=O) groups excluding carboxylic acids is 1. The lowest BCUT2D eigenvalue weighted by atomic mass is 9.94. The molecule has 3 heterocycles. The highest BCUT2D eigenvalue weighted by atomic mass is 16.5. The quantitative estimate of drug-likeness (QED) is 0.813. The standard InChI is InChI=1S/C19H29N5O2/c25-19(17-6-7-18(21-20-17)23-12-14-26-15-13-23)24-10-8-22(9-11-24)16-4-2-1-3-5-16/h6-7,16H,1-5,8-15H2. The summed E-state index contributed by atoms with van der Waals surface area (Å²) in [7, 11) is 0. The van der Waals surface area contributed by atoms with E-state index in [0.29, 0.717) is 18.9 Å². The molecular weight excluding hydrogens is 330 g/mol. The summed E-state index contributed by atoms with van der Waals surface area (Å²) >= 11 is 0. The van der Waals surface area contributed by atoms with Crippen LogP contribution in [-0.2, 0) is 4.74 Å². The lowest BCUT2D eigenvalue weighted by molar-refractivity contribution is 0.0517. The maximum atomic E-state index is 12.7. The predicted octanol–water partition coefficient (Wildman–Crippen LogP) is 1.40. The van der Waals surface area contributed by atoms with Crippen LogP contribution in [0.25, 0.3) is 0 Å². The van der Waals surface area contributed by atoms with Gasteiger partial charge < -0.3 is 14.5 Å². The summed E-state index contributed by atoms with van der Waals surface area (Å²) in [6, 6.07) is 4.45. The van der Waals surface area contributed by atoms with Gasteiger partial charge in [0.25, 0.3) is 5.91 Å². The summed E-state index contributed by atoms with van der Waals surface area (Å²) < 4.78 is 5.36. The largest absolute Gasteiger partial charge is 0.378 e. The molecule has 0 spiro atoms. The van der Waals surface area contributed by atoms with Crippen molar-refractivity contribution in [3.8, 4) is 0 Å². The van der Waals surface area contributed by atoms with Gasteiger partial charge in [-0.05, 0) is 25.0 Å². The second kappa shape index (κ2) is 8.31. The minimum Gasteiger partial charge on any atom is -0.378 e. The second-order valence-corrected chi connectivity index (χ2v) is 7.50. The molecule has 1 saturated carbocycles. The normalized spacial score (nSPS) is 23.2. The average molecular weight is 359 g/mol. The van der Waals surface area contributed by atoms with Crippen LogP contribution in [0.5, 0.6) is 0 Å². The van der Waals surface area contributed by atoms with Gasteiger partial charge in [0.2, 0.25) is 0 Å². The minimum atomic E-state index is 0.00863. The molecule has 7 heteroatoms. The molecule has 1 aromatic rings. The fourth-order valence-corrected chi connectivity index (χ4v) is 4.30. The summed E-state index contributed by atoms with van der Waals surface area (Å²) in [6.07, 6.45) is 6.74. The average Bonchev–Trinajstić information content (AvgIpc) is 2.75. The Bertz CT molecular complexity index is 588. The number of morpholine rings is 1. The van der Waals surface area contributed by atoms with Crippen LogP contribution in [0.3, 0.4) is 0 Å². The van der Waals surface area contributed by atoms with E-state index in [-0.39, 0.29) is 5.91 Å². The van der Waals surface area contributed by atoms with E-state index in [1.54, 1.807) is 0 Å². The Labute approximate surface area is 155 Å². The third-order valence-corrected chi connectivity index (χ3v) is 5.90. The van der Waals surface area contributed by atoms with Gasteiger partial charge in [-0.3, -0.25) is 9.69 Å². The van der Waals surface area contributed by atoms with Gasteiger partial charge in [0, 0.05) is 45.3 Å². The molecule has 1 amide bonds. The van der Waals surface area contributed by atoms with Gasteiger partial charge in [0.1, 0.15) is 0 Å². The number of rotatable bonds is 3. The highest BCUT2D eigenvalue weighted by molar-refractivity contribution is 5.92. The van der Waals surface area contributed by atoms with Crippen molar-refractivity contribution in [2.75, 3.05) is 57.4 Å². The molecule has 1 aromatic heterocycles. The molecule has 0 bridgehead atoms. The van der Waals surface area contributed by atoms with Gasteiger partial charge in [-0.2, -0.15) is 0 Å². The number of ether oxygens (including phenoxy) is 1. The van der Waals surface area contributed by atoms with E-state index in [9.17, 15) is 4.79 Å². The first kappa shape index (κ1) is 17.7. The first-order valence-electron chi connectivity index (χ1n) is 10.0. The number of hydrogen-bond donors (Lipinski definition) is 0. The van der Waals surface area contributed by atoms with Crippen molar-refractivity contribution in [2.24, 2.45) is 0 Å². The first-order valence-corrected chi connectivity index (χ1v) is 10.0. The second-order valence-electron chi connectivity index (χ2n) is 7.50. The molecule has 4 rings (SSSR count). The molecule has 0 atom stereocenters. The highest BCUT2D eigenvalue weighted by Gasteiger charge is 2.28. The number of carbonyl (C=O) groups is 1. The molecule has 1 aliphatic carbocycles. The van der Waals surface area contributed by atoms with E-state index < -0.39 is 0 Å². The Morgan fingerprint density at radius 3 is 2.31 bits per heavy atom. The monoisotopic (exact) mass is 359 g/mol. The molecular formula is C19H29N5O2. The number of piperazine rings is 1. The Hall–Kier alpha value is -1.73. The molecule has 0 aromatic carbocycles. The SMILES string of the molecule is O=C(c1ccc(N2CCOCC2)nn1)N1CCN(C2CCCCC2)CC1. The first-order chi connectivity index (χ1) is 12.8. The number of nitrogens with zero attached hydrogens (tertiary/aromatic N) is 5. The van der Waals surface area contributed by atoms with Crippen LogP contribution in [0.15, 0.2) is 12.1 Å². The number of anilines is 1. The van der Waals surface area contributed by atoms with Gasteiger partial charge in [-0.15, -0.1) is 10.2 Å². The Morgan fingerprint density at radius 1 is 0.923 bits per heavy atom. The lowest BCUT2D eigenvalue weighted by Gasteiger charge is -2.40. The molecule has 0 unspecified atom stereocenters. The zero-order valence-corrected chi connectivity index (χ0v) is 15.5. The summed E-state index contributed by atoms with van der Waals surface area (Å²) in [6.45, 7) is 6.63. The predicted molar refractivity (Wildman–Crippen MR) is 99.4 cm³/mol. The van der Waals surface area contributed by atoms with Crippen LogP contribution in [-0.4, -0.2) is 84.4 Å². The minimum absolute atomic E-state index is 0.00863. The summed E-state index contributed by atoms with van der Waals surface area (Å²) in [5.41, 5.74) is 0.452. The molecule has 3 aliphatic rings. The number of amides is 1. The molecule has 26 heavy (non-hydrogen) atoms. The zero-order chi connectivity index (χ0) is 17.8. The van der Waals surface area contributed by atoms with Crippen LogP contribution >= 0.6 is 0 Å². The maximum Gasteiger partial charge on any atom is 0.274 e. The van der Waals surface area contributed by atoms with Crippen molar-refractivity contribution in [3.05, 3.63) is 17.8 Å². The molecule has 0 radical (unpaired) electrons. The molecule has 3 fully saturated rings. The zero-order valence-electron chi connectivity index (χ0n) is 15.5. The lowest BCUT2D eigenvalue weighted by Crippen LogP contribution is -2.52. The van der Waals surface area contributed by atoms with Gasteiger partial charge >= 0.3 is 0 Å². The van der Waals surface area contributed by atoms with Crippen molar-refractivity contribution in [1.29, 1.82) is 0 Å². The molecule has 7 nitrogen and oxygen atoms in total. The maximum absolute atomic E-state index is 12.7. The summed E-state index contributed by atoms with van der Waals surface area (Å²) in [5, 5.41) is 8.47. The highest BCUT2D eigenvalue weighted by Crippen LogP contribution is 2.23. The van der Waals surface area contributed by atoms with E-state index in [2.05, 4.69) is 20.0 Å². The van der Waals surface area contributed by atoms with Gasteiger partial charge in [-0.1, -0.05) is 19.3 Å². The van der Waals surface area contributed by atoms with Crippen LogP contribution in [0.4, 0.5) is 5.82 Å². The number of hydrogen-bond acceptors (Lipinski definition) is 6. The third-order valence-electron chi connectivity index (χ3n) is 5.90. The van der Waals surface area contributed by atoms with Crippen LogP contribution in [0.1, 0.15) is 42.6 Å². The summed E-state index contributed by atoms with van der Waals surface area (Å²) in [4.78, 5) is 19.4. The van der Waals surface area contributed by atoms with Crippen molar-refractivity contribution < 1.29 is 9.53 Å².